The minimum atomic E-state index is -3.68. The largest absolute Gasteiger partial charge is 0.278 e. The average Bonchev–Trinajstić information content (AvgIpc) is 2.75. The van der Waals surface area contributed by atoms with E-state index in [1.807, 2.05) is 43.3 Å². The Morgan fingerprint density at radius 2 is 1.76 bits per heavy atom. The van der Waals surface area contributed by atoms with E-state index in [4.69, 9.17) is 0 Å². The van der Waals surface area contributed by atoms with Crippen molar-refractivity contribution in [3.8, 4) is 0 Å². The van der Waals surface area contributed by atoms with E-state index in [0.717, 1.165) is 27.5 Å². The SMILES string of the molecule is CCc1ccc(S(=O)(=O)Nc2cnc3c(Br)cccc3c2)cn1.c1ccncc1. The van der Waals surface area contributed by atoms with Gasteiger partial charge in [0, 0.05) is 34.1 Å². The van der Waals surface area contributed by atoms with E-state index < -0.39 is 10.0 Å². The Kier molecular flexibility index (Phi) is 6.90. The third kappa shape index (κ3) is 5.58. The van der Waals surface area contributed by atoms with E-state index in [0.29, 0.717) is 5.69 Å². The van der Waals surface area contributed by atoms with Crippen molar-refractivity contribution < 1.29 is 8.42 Å². The summed E-state index contributed by atoms with van der Waals surface area (Å²) in [6.45, 7) is 1.97. The van der Waals surface area contributed by atoms with Crippen LogP contribution in [0.2, 0.25) is 0 Å². The van der Waals surface area contributed by atoms with Gasteiger partial charge in [0.05, 0.1) is 17.4 Å². The number of rotatable bonds is 4. The molecule has 0 radical (unpaired) electrons. The van der Waals surface area contributed by atoms with Gasteiger partial charge in [0.1, 0.15) is 4.90 Å². The fourth-order valence-electron chi connectivity index (χ4n) is 2.49. The number of benzene rings is 1. The van der Waals surface area contributed by atoms with Crippen LogP contribution in [0.4, 0.5) is 5.69 Å². The highest BCUT2D eigenvalue weighted by Crippen LogP contribution is 2.25. The molecular weight excluding hydrogens is 452 g/mol. The number of halogens is 1. The van der Waals surface area contributed by atoms with Gasteiger partial charge in [0.2, 0.25) is 0 Å². The second-order valence-corrected chi connectivity index (χ2v) is 8.54. The van der Waals surface area contributed by atoms with Gasteiger partial charge in [-0.05, 0) is 58.7 Å². The van der Waals surface area contributed by atoms with Crippen LogP contribution in [0.25, 0.3) is 10.9 Å². The van der Waals surface area contributed by atoms with E-state index in [1.54, 1.807) is 30.6 Å². The topological polar surface area (TPSA) is 84.8 Å². The maximum atomic E-state index is 12.4. The van der Waals surface area contributed by atoms with Gasteiger partial charge in [0.15, 0.2) is 0 Å². The van der Waals surface area contributed by atoms with E-state index >= 15 is 0 Å². The number of aromatic nitrogens is 3. The molecule has 3 heterocycles. The van der Waals surface area contributed by atoms with Crippen LogP contribution in [0.3, 0.4) is 0 Å². The van der Waals surface area contributed by atoms with Crippen LogP contribution in [0.15, 0.2) is 88.8 Å². The minimum Gasteiger partial charge on any atom is -0.278 e. The molecule has 0 aliphatic rings. The normalized spacial score (nSPS) is 10.8. The fourth-order valence-corrected chi connectivity index (χ4v) is 3.95. The van der Waals surface area contributed by atoms with E-state index in [9.17, 15) is 8.42 Å². The molecule has 4 aromatic rings. The summed E-state index contributed by atoms with van der Waals surface area (Å²) < 4.78 is 28.2. The van der Waals surface area contributed by atoms with Gasteiger partial charge in [-0.2, -0.15) is 0 Å². The van der Waals surface area contributed by atoms with Crippen molar-refractivity contribution in [1.29, 1.82) is 0 Å². The molecule has 0 amide bonds. The monoisotopic (exact) mass is 470 g/mol. The highest BCUT2D eigenvalue weighted by atomic mass is 79.9. The maximum Gasteiger partial charge on any atom is 0.263 e. The summed E-state index contributed by atoms with van der Waals surface area (Å²) in [5.41, 5.74) is 2.04. The Hall–Kier alpha value is -2.84. The second-order valence-electron chi connectivity index (χ2n) is 6.00. The lowest BCUT2D eigenvalue weighted by atomic mass is 10.2. The number of sulfonamides is 1. The lowest BCUT2D eigenvalue weighted by Crippen LogP contribution is -2.13. The molecule has 1 aromatic carbocycles. The molecule has 148 valence electrons. The summed E-state index contributed by atoms with van der Waals surface area (Å²) in [7, 11) is -3.68. The summed E-state index contributed by atoms with van der Waals surface area (Å²) in [4.78, 5) is 12.3. The molecule has 0 saturated carbocycles. The van der Waals surface area contributed by atoms with E-state index in [2.05, 4.69) is 35.6 Å². The Morgan fingerprint density at radius 3 is 2.34 bits per heavy atom. The van der Waals surface area contributed by atoms with Crippen LogP contribution in [-0.2, 0) is 16.4 Å². The molecule has 0 fully saturated rings. The zero-order valence-electron chi connectivity index (χ0n) is 15.7. The molecule has 29 heavy (non-hydrogen) atoms. The number of hydrogen-bond acceptors (Lipinski definition) is 5. The van der Waals surface area contributed by atoms with Gasteiger partial charge in [-0.1, -0.05) is 25.1 Å². The van der Waals surface area contributed by atoms with Gasteiger partial charge in [-0.3, -0.25) is 19.7 Å². The molecule has 1 N–H and O–H groups in total. The van der Waals surface area contributed by atoms with E-state index in [-0.39, 0.29) is 4.90 Å². The summed E-state index contributed by atoms with van der Waals surface area (Å²) in [6.07, 6.45) is 7.13. The summed E-state index contributed by atoms with van der Waals surface area (Å²) in [6, 6.07) is 16.4. The molecular formula is C21H19BrN4O2S. The molecule has 0 unspecified atom stereocenters. The standard InChI is InChI=1S/C16H14BrN3O2S.C5H5N/c1-2-12-6-7-14(10-18-12)23(21,22)20-13-8-11-4-3-5-15(17)16(11)19-9-13;1-2-4-6-5-3-1/h3-10,20H,2H2,1H3;1-5H. The van der Waals surface area contributed by atoms with Crippen LogP contribution in [0.5, 0.6) is 0 Å². The first-order valence-corrected chi connectivity index (χ1v) is 11.1. The molecule has 0 spiro atoms. The van der Waals surface area contributed by atoms with Crippen LogP contribution in [0, 0.1) is 0 Å². The number of pyridine rings is 3. The first-order chi connectivity index (χ1) is 14.0. The lowest BCUT2D eigenvalue weighted by Gasteiger charge is -2.09. The highest BCUT2D eigenvalue weighted by molar-refractivity contribution is 9.10. The number of nitrogens with zero attached hydrogens (tertiary/aromatic N) is 3. The molecule has 0 bridgehead atoms. The Labute approximate surface area is 178 Å². The molecule has 0 aliphatic heterocycles. The van der Waals surface area contributed by atoms with Crippen molar-refractivity contribution in [2.75, 3.05) is 4.72 Å². The molecule has 0 aliphatic carbocycles. The molecule has 6 nitrogen and oxygen atoms in total. The van der Waals surface area contributed by atoms with Crippen molar-refractivity contribution in [2.24, 2.45) is 0 Å². The second kappa shape index (κ2) is 9.58. The quantitative estimate of drug-likeness (QED) is 0.461. The van der Waals surface area contributed by atoms with Crippen LogP contribution >= 0.6 is 15.9 Å². The van der Waals surface area contributed by atoms with Gasteiger partial charge in [-0.15, -0.1) is 0 Å². The van der Waals surface area contributed by atoms with Gasteiger partial charge >= 0.3 is 0 Å². The molecule has 4 rings (SSSR count). The Bertz CT molecular complexity index is 1160. The number of nitrogens with one attached hydrogen (secondary N) is 1. The zero-order valence-corrected chi connectivity index (χ0v) is 18.1. The lowest BCUT2D eigenvalue weighted by molar-refractivity contribution is 0.600. The van der Waals surface area contributed by atoms with Crippen molar-refractivity contribution in [3.63, 3.8) is 0 Å². The first-order valence-electron chi connectivity index (χ1n) is 8.86. The average molecular weight is 471 g/mol. The Morgan fingerprint density at radius 1 is 0.966 bits per heavy atom. The van der Waals surface area contributed by atoms with Crippen molar-refractivity contribution in [2.45, 2.75) is 18.2 Å². The van der Waals surface area contributed by atoms with Crippen LogP contribution in [-0.4, -0.2) is 23.4 Å². The smallest absolute Gasteiger partial charge is 0.263 e. The number of fused-ring (bicyclic) bond motifs is 1. The van der Waals surface area contributed by atoms with E-state index in [1.165, 1.54) is 12.4 Å². The maximum absolute atomic E-state index is 12.4. The van der Waals surface area contributed by atoms with Crippen molar-refractivity contribution in [3.05, 3.63) is 89.6 Å². The number of anilines is 1. The van der Waals surface area contributed by atoms with Crippen molar-refractivity contribution in [1.82, 2.24) is 15.0 Å². The van der Waals surface area contributed by atoms with Gasteiger partial charge < -0.3 is 0 Å². The number of para-hydroxylation sites is 1. The predicted octanol–water partition coefficient (Wildman–Crippen LogP) is 4.84. The minimum absolute atomic E-state index is 0.129. The van der Waals surface area contributed by atoms with Gasteiger partial charge in [-0.25, -0.2) is 8.42 Å². The Balaban J connectivity index is 0.000000343. The van der Waals surface area contributed by atoms with Gasteiger partial charge in [0.25, 0.3) is 10.0 Å². The van der Waals surface area contributed by atoms with Crippen LogP contribution in [0.1, 0.15) is 12.6 Å². The summed E-state index contributed by atoms with van der Waals surface area (Å²) >= 11 is 3.42. The van der Waals surface area contributed by atoms with Crippen molar-refractivity contribution >= 4 is 42.5 Å². The predicted molar refractivity (Wildman–Crippen MR) is 118 cm³/mol. The third-order valence-corrected chi connectivity index (χ3v) is 5.96. The third-order valence-electron chi connectivity index (χ3n) is 3.95. The summed E-state index contributed by atoms with van der Waals surface area (Å²) in [5.74, 6) is 0. The number of hydrogen-bond donors (Lipinski definition) is 1. The molecule has 0 atom stereocenters. The fraction of sp³-hybridized carbons (Fsp3) is 0.0952. The van der Waals surface area contributed by atoms with Crippen LogP contribution < -0.4 is 4.72 Å². The highest BCUT2D eigenvalue weighted by Gasteiger charge is 2.15. The summed E-state index contributed by atoms with van der Waals surface area (Å²) in [5, 5.41) is 0.846. The molecule has 0 saturated heterocycles. The molecule has 8 heteroatoms. The zero-order chi connectivity index (χ0) is 20.7. The molecule has 3 aromatic heterocycles. The number of aryl methyl sites for hydroxylation is 1. The first kappa shape index (κ1) is 20.9.